The van der Waals surface area contributed by atoms with E-state index in [1.807, 2.05) is 121 Å². The van der Waals surface area contributed by atoms with Crippen molar-refractivity contribution in [3.63, 3.8) is 0 Å². The first-order valence-corrected chi connectivity index (χ1v) is 14.9. The lowest BCUT2D eigenvalue weighted by molar-refractivity contribution is -0.122. The van der Waals surface area contributed by atoms with Crippen LogP contribution < -0.4 is 15.8 Å². The molecule has 0 bridgehead atoms. The fraction of sp³-hybridized carbons (Fsp3) is 0.0278. The fourth-order valence-electron chi connectivity index (χ4n) is 5.58. The topological polar surface area (TPSA) is 127 Å². The molecule has 11 nitrogen and oxygen atoms in total. The van der Waals surface area contributed by atoms with Crippen LogP contribution in [0.4, 0.5) is 17.2 Å². The van der Waals surface area contributed by atoms with Crippen molar-refractivity contribution in [2.24, 2.45) is 20.1 Å². The molecule has 47 heavy (non-hydrogen) atoms. The molecule has 0 saturated heterocycles. The number of hydrogen-bond donors (Lipinski definition) is 2. The Labute approximate surface area is 269 Å². The first-order valence-electron chi connectivity index (χ1n) is 14.9. The van der Waals surface area contributed by atoms with E-state index in [-0.39, 0.29) is 24.2 Å². The third-order valence-corrected chi connectivity index (χ3v) is 7.79. The second-order valence-electron chi connectivity index (χ2n) is 10.8. The minimum atomic E-state index is -0.349. The van der Waals surface area contributed by atoms with Gasteiger partial charge < -0.3 is 0 Å². The number of hydrogen-bond acceptors (Lipinski definition) is 8. The molecule has 0 saturated carbocycles. The number of anilines is 2. The van der Waals surface area contributed by atoms with Gasteiger partial charge in [0.15, 0.2) is 11.7 Å². The average Bonchev–Trinajstić information content (AvgIpc) is 3.46. The van der Waals surface area contributed by atoms with Gasteiger partial charge in [0.05, 0.1) is 22.6 Å². The van der Waals surface area contributed by atoms with Crippen molar-refractivity contribution in [1.29, 1.82) is 0 Å². The molecule has 0 fully saturated rings. The molecular formula is C36H25N9O2. The monoisotopic (exact) mass is 615 g/mol. The van der Waals surface area contributed by atoms with Gasteiger partial charge in [0.2, 0.25) is 5.84 Å². The lowest BCUT2D eigenvalue weighted by atomic mass is 9.96. The van der Waals surface area contributed by atoms with Crippen molar-refractivity contribution >= 4 is 52.9 Å². The summed E-state index contributed by atoms with van der Waals surface area (Å²) in [7, 11) is 0. The summed E-state index contributed by atoms with van der Waals surface area (Å²) >= 11 is 0. The van der Waals surface area contributed by atoms with E-state index in [1.165, 1.54) is 11.3 Å². The molecule has 3 aliphatic heterocycles. The summed E-state index contributed by atoms with van der Waals surface area (Å²) in [6.45, 7) is 0.0226. The molecule has 11 heteroatoms. The number of carbonyl (C=O) groups excluding carboxylic acids is 2. The van der Waals surface area contributed by atoms with Crippen LogP contribution in [0.25, 0.3) is 22.4 Å². The highest BCUT2D eigenvalue weighted by Crippen LogP contribution is 2.37. The van der Waals surface area contributed by atoms with E-state index in [2.05, 4.69) is 30.9 Å². The molecule has 226 valence electrons. The van der Waals surface area contributed by atoms with E-state index in [0.717, 1.165) is 33.5 Å². The maximum absolute atomic E-state index is 13.7. The number of aromatic nitrogens is 1. The van der Waals surface area contributed by atoms with E-state index in [4.69, 9.17) is 4.98 Å². The quantitative estimate of drug-likeness (QED) is 0.247. The summed E-state index contributed by atoms with van der Waals surface area (Å²) in [6, 6.07) is 38.5. The van der Waals surface area contributed by atoms with E-state index in [1.54, 1.807) is 4.90 Å². The number of hydrazone groups is 1. The molecule has 0 spiro atoms. The van der Waals surface area contributed by atoms with Crippen molar-refractivity contribution in [1.82, 2.24) is 15.4 Å². The standard InChI is InChI=1S/C36H25N9O2/c46-30-21-37-35-31-28(23-10-4-1-5-11-23)20-29(39-32(31)38-22-44(35)43-30)24-16-18-27(19-17-24)45-34(25-12-6-2-7-13-25)40-33(36(45)47)42-41-26-14-8-3-9-15-26/h1-20,22,41H,21H2,(H,43,46)/b42-33-. The van der Waals surface area contributed by atoms with Crippen LogP contribution in [0.2, 0.25) is 0 Å². The Morgan fingerprint density at radius 2 is 1.43 bits per heavy atom. The van der Waals surface area contributed by atoms with Crippen LogP contribution in [-0.4, -0.2) is 52.2 Å². The first-order chi connectivity index (χ1) is 23.1. The fourth-order valence-corrected chi connectivity index (χ4v) is 5.58. The number of amides is 2. The molecule has 4 heterocycles. The molecular weight excluding hydrogens is 590 g/mol. The molecule has 0 unspecified atom stereocenters. The van der Waals surface area contributed by atoms with Crippen molar-refractivity contribution in [3.05, 3.63) is 132 Å². The first kappa shape index (κ1) is 27.8. The van der Waals surface area contributed by atoms with Crippen molar-refractivity contribution < 1.29 is 9.59 Å². The number of aliphatic imine (C=N–C) groups is 3. The Morgan fingerprint density at radius 1 is 0.745 bits per heavy atom. The molecule has 0 radical (unpaired) electrons. The van der Waals surface area contributed by atoms with Crippen LogP contribution >= 0.6 is 0 Å². The molecule has 5 aromatic rings. The number of fused-ring (bicyclic) bond motifs is 3. The third kappa shape index (κ3) is 5.21. The highest BCUT2D eigenvalue weighted by molar-refractivity contribution is 6.55. The summed E-state index contributed by atoms with van der Waals surface area (Å²) in [5.41, 5.74) is 12.0. The molecule has 4 aromatic carbocycles. The van der Waals surface area contributed by atoms with Gasteiger partial charge in [-0.05, 0) is 41.5 Å². The summed E-state index contributed by atoms with van der Waals surface area (Å²) in [4.78, 5) is 45.9. The molecule has 0 aliphatic carbocycles. The number of rotatable bonds is 6. The number of nitrogens with zero attached hydrogens (tertiary/aromatic N) is 7. The lowest BCUT2D eigenvalue weighted by Crippen LogP contribution is -2.51. The van der Waals surface area contributed by atoms with Gasteiger partial charge in [-0.2, -0.15) is 0 Å². The Bertz CT molecular complexity index is 2140. The second-order valence-corrected chi connectivity index (χ2v) is 10.8. The van der Waals surface area contributed by atoms with Crippen LogP contribution in [0.3, 0.4) is 0 Å². The van der Waals surface area contributed by atoms with Crippen molar-refractivity contribution in [2.75, 3.05) is 16.9 Å². The SMILES string of the molecule is O=C1CN=C2c3c(-c4ccccc4)cc(-c4ccc(N5C(=O)/C(=N/Nc6ccccc6)N=C5c5ccccc5)cc4)nc3N=CN2N1. The van der Waals surface area contributed by atoms with Gasteiger partial charge in [0.25, 0.3) is 5.91 Å². The summed E-state index contributed by atoms with van der Waals surface area (Å²) in [5, 5.41) is 5.86. The van der Waals surface area contributed by atoms with Gasteiger partial charge in [0.1, 0.15) is 18.7 Å². The lowest BCUT2D eigenvalue weighted by Gasteiger charge is -2.30. The number of carbonyl (C=O) groups is 2. The summed E-state index contributed by atoms with van der Waals surface area (Å²) < 4.78 is 0. The van der Waals surface area contributed by atoms with Gasteiger partial charge in [-0.25, -0.2) is 20.0 Å². The number of benzene rings is 4. The van der Waals surface area contributed by atoms with E-state index in [0.29, 0.717) is 28.9 Å². The smallest absolute Gasteiger partial charge is 0.276 e. The second kappa shape index (κ2) is 11.6. The maximum atomic E-state index is 13.7. The van der Waals surface area contributed by atoms with Crippen LogP contribution in [-0.2, 0) is 9.59 Å². The van der Waals surface area contributed by atoms with E-state index >= 15 is 0 Å². The van der Waals surface area contributed by atoms with Gasteiger partial charge >= 0.3 is 5.91 Å². The van der Waals surface area contributed by atoms with Gasteiger partial charge in [-0.3, -0.25) is 30.3 Å². The maximum Gasteiger partial charge on any atom is 0.303 e. The molecule has 2 amide bonds. The zero-order chi connectivity index (χ0) is 31.7. The van der Waals surface area contributed by atoms with Gasteiger partial charge in [-0.15, -0.1) is 5.10 Å². The van der Waals surface area contributed by atoms with Gasteiger partial charge in [-0.1, -0.05) is 91.0 Å². The molecule has 8 rings (SSSR count). The zero-order valence-electron chi connectivity index (χ0n) is 24.8. The highest BCUT2D eigenvalue weighted by Gasteiger charge is 2.34. The number of amidine groups is 3. The Kier molecular flexibility index (Phi) is 6.88. The Balaban J connectivity index is 1.17. The normalized spacial score (nSPS) is 16.0. The molecule has 1 aromatic heterocycles. The van der Waals surface area contributed by atoms with Crippen molar-refractivity contribution in [2.45, 2.75) is 0 Å². The number of hydrazine groups is 1. The van der Waals surface area contributed by atoms with Crippen LogP contribution in [0, 0.1) is 0 Å². The van der Waals surface area contributed by atoms with Crippen molar-refractivity contribution in [3.8, 4) is 22.4 Å². The predicted molar refractivity (Wildman–Crippen MR) is 183 cm³/mol. The predicted octanol–water partition coefficient (Wildman–Crippen LogP) is 5.40. The largest absolute Gasteiger partial charge is 0.303 e. The van der Waals surface area contributed by atoms with E-state index < -0.39 is 0 Å². The highest BCUT2D eigenvalue weighted by atomic mass is 16.2. The third-order valence-electron chi connectivity index (χ3n) is 7.79. The number of pyridine rings is 1. The minimum Gasteiger partial charge on any atom is -0.276 e. The van der Waals surface area contributed by atoms with Gasteiger partial charge in [0, 0.05) is 11.1 Å². The molecule has 0 atom stereocenters. The Morgan fingerprint density at radius 3 is 2.15 bits per heavy atom. The molecule has 3 aliphatic rings. The summed E-state index contributed by atoms with van der Waals surface area (Å²) in [6.07, 6.45) is 1.52. The Hall–Kier alpha value is -6.75. The van der Waals surface area contributed by atoms with E-state index in [9.17, 15) is 9.59 Å². The summed E-state index contributed by atoms with van der Waals surface area (Å²) in [5.74, 6) is 1.05. The van der Waals surface area contributed by atoms with Crippen LogP contribution in [0.15, 0.2) is 141 Å². The number of para-hydroxylation sites is 1. The zero-order valence-corrected chi connectivity index (χ0v) is 24.8. The average molecular weight is 616 g/mol. The minimum absolute atomic E-state index is 0.0226. The number of nitrogens with one attached hydrogen (secondary N) is 2. The molecule has 2 N–H and O–H groups in total. The van der Waals surface area contributed by atoms with Crippen LogP contribution in [0.1, 0.15) is 11.1 Å². The van der Waals surface area contributed by atoms with Crippen LogP contribution in [0.5, 0.6) is 0 Å².